The summed E-state index contributed by atoms with van der Waals surface area (Å²) in [5.74, 6) is 5.81. The van der Waals surface area contributed by atoms with E-state index in [0.29, 0.717) is 18.4 Å². The van der Waals surface area contributed by atoms with Crippen LogP contribution < -0.4 is 5.90 Å². The standard InChI is InChI=1S/C5H11NO2/c6-8-3-5-1-4(5)2-7/h4-5,7H,1-3,6H2. The molecule has 3 heteroatoms. The van der Waals surface area contributed by atoms with E-state index in [9.17, 15) is 0 Å². The van der Waals surface area contributed by atoms with Crippen molar-refractivity contribution in [3.8, 4) is 0 Å². The Morgan fingerprint density at radius 2 is 2.38 bits per heavy atom. The molecule has 0 aromatic rings. The molecule has 1 aliphatic carbocycles. The number of hydrogen-bond donors (Lipinski definition) is 2. The van der Waals surface area contributed by atoms with Gasteiger partial charge in [0.25, 0.3) is 0 Å². The van der Waals surface area contributed by atoms with E-state index < -0.39 is 0 Å². The van der Waals surface area contributed by atoms with Gasteiger partial charge in [-0.2, -0.15) is 0 Å². The molecule has 3 nitrogen and oxygen atoms in total. The highest BCUT2D eigenvalue weighted by Gasteiger charge is 2.36. The van der Waals surface area contributed by atoms with Crippen LogP contribution in [0.15, 0.2) is 0 Å². The maximum atomic E-state index is 8.51. The van der Waals surface area contributed by atoms with Gasteiger partial charge >= 0.3 is 0 Å². The van der Waals surface area contributed by atoms with E-state index in [4.69, 9.17) is 11.0 Å². The van der Waals surface area contributed by atoms with Gasteiger partial charge in [0.1, 0.15) is 0 Å². The molecule has 0 bridgehead atoms. The van der Waals surface area contributed by atoms with Gasteiger partial charge in [0.2, 0.25) is 0 Å². The highest BCUT2D eigenvalue weighted by Crippen LogP contribution is 2.37. The molecule has 2 unspecified atom stereocenters. The van der Waals surface area contributed by atoms with Crippen molar-refractivity contribution < 1.29 is 9.94 Å². The first-order valence-corrected chi connectivity index (χ1v) is 2.81. The van der Waals surface area contributed by atoms with E-state index in [1.165, 1.54) is 0 Å². The van der Waals surface area contributed by atoms with E-state index in [1.54, 1.807) is 0 Å². The summed E-state index contributed by atoms with van der Waals surface area (Å²) in [4.78, 5) is 4.39. The molecule has 0 aromatic carbocycles. The van der Waals surface area contributed by atoms with Crippen LogP contribution in [0.2, 0.25) is 0 Å². The van der Waals surface area contributed by atoms with Crippen LogP contribution in [0, 0.1) is 11.8 Å². The summed E-state index contributed by atoms with van der Waals surface area (Å²) in [5, 5.41) is 8.51. The highest BCUT2D eigenvalue weighted by molar-refractivity contribution is 4.84. The molecular formula is C5H11NO2. The summed E-state index contributed by atoms with van der Waals surface area (Å²) in [5.41, 5.74) is 0. The monoisotopic (exact) mass is 117 g/mol. The molecule has 48 valence electrons. The Morgan fingerprint density at radius 1 is 1.62 bits per heavy atom. The van der Waals surface area contributed by atoms with Crippen molar-refractivity contribution in [3.63, 3.8) is 0 Å². The zero-order chi connectivity index (χ0) is 5.98. The molecule has 0 radical (unpaired) electrons. The van der Waals surface area contributed by atoms with Crippen LogP contribution in [0.5, 0.6) is 0 Å². The van der Waals surface area contributed by atoms with Crippen LogP contribution in [-0.4, -0.2) is 18.3 Å². The Morgan fingerprint density at radius 3 is 2.75 bits per heavy atom. The average molecular weight is 117 g/mol. The Kier molecular flexibility index (Phi) is 1.83. The molecule has 1 aliphatic rings. The average Bonchev–Trinajstić information content (AvgIpc) is 2.48. The number of aliphatic hydroxyl groups excluding tert-OH is 1. The fraction of sp³-hybridized carbons (Fsp3) is 1.00. The van der Waals surface area contributed by atoms with Gasteiger partial charge in [-0.05, 0) is 18.3 Å². The number of hydrogen-bond acceptors (Lipinski definition) is 3. The fourth-order valence-electron chi connectivity index (χ4n) is 0.862. The molecule has 3 N–H and O–H groups in total. The van der Waals surface area contributed by atoms with Crippen LogP contribution in [0.25, 0.3) is 0 Å². The second-order valence-electron chi connectivity index (χ2n) is 2.27. The van der Waals surface area contributed by atoms with Crippen LogP contribution >= 0.6 is 0 Å². The molecule has 1 rings (SSSR count). The van der Waals surface area contributed by atoms with Crippen molar-refractivity contribution in [1.82, 2.24) is 0 Å². The summed E-state index contributed by atoms with van der Waals surface area (Å²) >= 11 is 0. The predicted molar refractivity (Wildman–Crippen MR) is 28.8 cm³/mol. The summed E-state index contributed by atoms with van der Waals surface area (Å²) in [6.45, 7) is 0.888. The van der Waals surface area contributed by atoms with Crippen molar-refractivity contribution in [2.75, 3.05) is 13.2 Å². The first-order chi connectivity index (χ1) is 3.88. The van der Waals surface area contributed by atoms with Crippen molar-refractivity contribution >= 4 is 0 Å². The molecule has 0 heterocycles. The Bertz CT molecular complexity index is 76.8. The molecule has 8 heavy (non-hydrogen) atoms. The molecule has 0 aromatic heterocycles. The molecule has 0 spiro atoms. The Labute approximate surface area is 48.4 Å². The van der Waals surface area contributed by atoms with Crippen molar-refractivity contribution in [1.29, 1.82) is 0 Å². The van der Waals surface area contributed by atoms with Crippen LogP contribution in [0.3, 0.4) is 0 Å². The second kappa shape index (κ2) is 2.44. The van der Waals surface area contributed by atoms with Crippen molar-refractivity contribution in [3.05, 3.63) is 0 Å². The van der Waals surface area contributed by atoms with Gasteiger partial charge in [-0.1, -0.05) is 0 Å². The number of rotatable bonds is 3. The quantitative estimate of drug-likeness (QED) is 0.490. The predicted octanol–water partition coefficient (Wildman–Crippen LogP) is -0.495. The maximum Gasteiger partial charge on any atom is 0.0711 e. The molecule has 0 amide bonds. The van der Waals surface area contributed by atoms with Crippen molar-refractivity contribution in [2.24, 2.45) is 17.7 Å². The van der Waals surface area contributed by atoms with Crippen LogP contribution in [-0.2, 0) is 4.84 Å². The zero-order valence-electron chi connectivity index (χ0n) is 4.71. The summed E-state index contributed by atoms with van der Waals surface area (Å²) in [7, 11) is 0. The maximum absolute atomic E-state index is 8.51. The highest BCUT2D eigenvalue weighted by atomic mass is 16.6. The lowest BCUT2D eigenvalue weighted by atomic mass is 10.3. The first kappa shape index (κ1) is 6.01. The number of aliphatic hydroxyl groups is 1. The minimum Gasteiger partial charge on any atom is -0.396 e. The second-order valence-corrected chi connectivity index (χ2v) is 2.27. The molecule has 1 fully saturated rings. The Balaban J connectivity index is 1.99. The summed E-state index contributed by atoms with van der Waals surface area (Å²) < 4.78 is 0. The van der Waals surface area contributed by atoms with Crippen molar-refractivity contribution in [2.45, 2.75) is 6.42 Å². The topological polar surface area (TPSA) is 55.5 Å². The summed E-state index contributed by atoms with van der Waals surface area (Å²) in [6, 6.07) is 0. The largest absolute Gasteiger partial charge is 0.396 e. The molecule has 2 atom stereocenters. The summed E-state index contributed by atoms with van der Waals surface area (Å²) in [6.07, 6.45) is 1.08. The Hall–Kier alpha value is -0.120. The lowest BCUT2D eigenvalue weighted by Gasteiger charge is -1.91. The van der Waals surface area contributed by atoms with Gasteiger partial charge in [0, 0.05) is 6.61 Å². The SMILES string of the molecule is NOCC1CC1CO. The van der Waals surface area contributed by atoms with E-state index >= 15 is 0 Å². The normalized spacial score (nSPS) is 35.2. The molecule has 0 saturated heterocycles. The van der Waals surface area contributed by atoms with Gasteiger partial charge in [0.05, 0.1) is 6.61 Å². The van der Waals surface area contributed by atoms with Gasteiger partial charge in [-0.15, -0.1) is 0 Å². The van der Waals surface area contributed by atoms with Gasteiger partial charge in [-0.3, -0.25) is 0 Å². The lowest BCUT2D eigenvalue weighted by Crippen LogP contribution is -2.04. The van der Waals surface area contributed by atoms with Gasteiger partial charge in [-0.25, -0.2) is 5.90 Å². The van der Waals surface area contributed by atoms with Crippen LogP contribution in [0.4, 0.5) is 0 Å². The third-order valence-corrected chi connectivity index (χ3v) is 1.61. The third-order valence-electron chi connectivity index (χ3n) is 1.61. The van der Waals surface area contributed by atoms with Gasteiger partial charge in [0.15, 0.2) is 0 Å². The first-order valence-electron chi connectivity index (χ1n) is 2.81. The van der Waals surface area contributed by atoms with E-state index in [1.807, 2.05) is 0 Å². The number of nitrogens with two attached hydrogens (primary N) is 1. The lowest BCUT2D eigenvalue weighted by molar-refractivity contribution is 0.119. The van der Waals surface area contributed by atoms with E-state index in [-0.39, 0.29) is 6.61 Å². The van der Waals surface area contributed by atoms with E-state index in [0.717, 1.165) is 6.42 Å². The molecular weight excluding hydrogens is 106 g/mol. The van der Waals surface area contributed by atoms with Gasteiger partial charge < -0.3 is 9.94 Å². The fourth-order valence-corrected chi connectivity index (χ4v) is 0.862. The zero-order valence-corrected chi connectivity index (χ0v) is 4.71. The van der Waals surface area contributed by atoms with Crippen LogP contribution in [0.1, 0.15) is 6.42 Å². The smallest absolute Gasteiger partial charge is 0.0711 e. The van der Waals surface area contributed by atoms with E-state index in [2.05, 4.69) is 4.84 Å². The minimum absolute atomic E-state index is 0.286. The minimum atomic E-state index is 0.286. The molecule has 0 aliphatic heterocycles. The third kappa shape index (κ3) is 1.18. The molecule has 1 saturated carbocycles.